The minimum atomic E-state index is -3.32. The van der Waals surface area contributed by atoms with Gasteiger partial charge in [0.25, 0.3) is 0 Å². The lowest BCUT2D eigenvalue weighted by Crippen LogP contribution is -2.22. The lowest BCUT2D eigenvalue weighted by Gasteiger charge is -2.08. The highest BCUT2D eigenvalue weighted by Crippen LogP contribution is 2.39. The van der Waals surface area contributed by atoms with E-state index in [-0.39, 0.29) is 17.4 Å². The number of ether oxygens (including phenoxy) is 2. The van der Waals surface area contributed by atoms with Crippen molar-refractivity contribution in [3.05, 3.63) is 51.5 Å². The van der Waals surface area contributed by atoms with Gasteiger partial charge in [0.15, 0.2) is 21.3 Å². The average molecular weight is 433 g/mol. The van der Waals surface area contributed by atoms with Crippen LogP contribution < -0.4 is 14.8 Å². The zero-order chi connectivity index (χ0) is 17.2. The highest BCUT2D eigenvalue weighted by atomic mass is 79.9. The molecule has 0 saturated heterocycles. The largest absolute Gasteiger partial charge is 0.454 e. The summed E-state index contributed by atoms with van der Waals surface area (Å²) in [6, 6.07) is 10.00. The Morgan fingerprint density at radius 2 is 1.92 bits per heavy atom. The Hall–Kier alpha value is -1.28. The number of rotatable bonds is 6. The molecular formula is C16H15BrClNO4S. The molecule has 1 aliphatic heterocycles. The summed E-state index contributed by atoms with van der Waals surface area (Å²) < 4.78 is 36.0. The molecule has 0 atom stereocenters. The first-order valence-electron chi connectivity index (χ1n) is 7.23. The highest BCUT2D eigenvalue weighted by Gasteiger charge is 2.18. The molecule has 1 heterocycles. The van der Waals surface area contributed by atoms with E-state index in [0.717, 1.165) is 10.0 Å². The number of halogens is 2. The van der Waals surface area contributed by atoms with Crippen LogP contribution in [0.25, 0.3) is 0 Å². The maximum atomic E-state index is 12.2. The Morgan fingerprint density at radius 1 is 1.17 bits per heavy atom. The zero-order valence-electron chi connectivity index (χ0n) is 12.6. The Morgan fingerprint density at radius 3 is 2.67 bits per heavy atom. The molecule has 2 aromatic carbocycles. The van der Waals surface area contributed by atoms with Crippen LogP contribution in [0.3, 0.4) is 0 Å². The third-order valence-electron chi connectivity index (χ3n) is 3.54. The standard InChI is InChI=1S/C16H15BrClNO4S/c17-14-7-11(8-15-16(14)23-10-22-15)9-19-5-6-24(20,21)13-3-1-12(18)2-4-13/h1-4,7-8,19H,5-6,9-10H2. The number of hydrogen-bond acceptors (Lipinski definition) is 5. The van der Waals surface area contributed by atoms with Gasteiger partial charge in [-0.15, -0.1) is 0 Å². The maximum Gasteiger partial charge on any atom is 0.231 e. The lowest BCUT2D eigenvalue weighted by molar-refractivity contribution is 0.173. The number of sulfone groups is 1. The molecule has 8 heteroatoms. The van der Waals surface area contributed by atoms with Crippen molar-refractivity contribution in [3.63, 3.8) is 0 Å². The normalized spacial score (nSPS) is 13.2. The summed E-state index contributed by atoms with van der Waals surface area (Å²) >= 11 is 9.22. The third-order valence-corrected chi connectivity index (χ3v) is 6.11. The van der Waals surface area contributed by atoms with Gasteiger partial charge in [-0.2, -0.15) is 0 Å². The second-order valence-electron chi connectivity index (χ2n) is 5.26. The fourth-order valence-electron chi connectivity index (χ4n) is 2.32. The van der Waals surface area contributed by atoms with Gasteiger partial charge in [0.1, 0.15) is 0 Å². The smallest absolute Gasteiger partial charge is 0.231 e. The molecule has 0 spiro atoms. The predicted octanol–water partition coefficient (Wildman–Crippen LogP) is 3.39. The van der Waals surface area contributed by atoms with Crippen LogP contribution in [0.4, 0.5) is 0 Å². The van der Waals surface area contributed by atoms with E-state index in [1.807, 2.05) is 12.1 Å². The Bertz CT molecular complexity index is 840. The minimum Gasteiger partial charge on any atom is -0.454 e. The molecule has 3 rings (SSSR count). The summed E-state index contributed by atoms with van der Waals surface area (Å²) in [5.74, 6) is 1.40. The van der Waals surface area contributed by atoms with E-state index in [0.29, 0.717) is 29.6 Å². The highest BCUT2D eigenvalue weighted by molar-refractivity contribution is 9.10. The van der Waals surface area contributed by atoms with Crippen LogP contribution in [0, 0.1) is 0 Å². The molecule has 0 unspecified atom stereocenters. The van der Waals surface area contributed by atoms with E-state index in [1.165, 1.54) is 12.1 Å². The molecule has 0 aliphatic carbocycles. The minimum absolute atomic E-state index is 0.0142. The molecule has 24 heavy (non-hydrogen) atoms. The third kappa shape index (κ3) is 4.03. The molecule has 5 nitrogen and oxygen atoms in total. The summed E-state index contributed by atoms with van der Waals surface area (Å²) in [4.78, 5) is 0.277. The summed E-state index contributed by atoms with van der Waals surface area (Å²) in [5.41, 5.74) is 0.981. The summed E-state index contributed by atoms with van der Waals surface area (Å²) in [5, 5.41) is 3.65. The number of benzene rings is 2. The van der Waals surface area contributed by atoms with Crippen LogP contribution in [0.2, 0.25) is 5.02 Å². The van der Waals surface area contributed by atoms with Crippen molar-refractivity contribution >= 4 is 37.4 Å². The second kappa shape index (κ2) is 7.31. The molecule has 0 fully saturated rings. The SMILES string of the molecule is O=S(=O)(CCNCc1cc(Br)c2c(c1)OCO2)c1ccc(Cl)cc1. The first-order chi connectivity index (χ1) is 11.5. The molecule has 0 bridgehead atoms. The summed E-state index contributed by atoms with van der Waals surface area (Å²) in [6.45, 7) is 1.09. The van der Waals surface area contributed by atoms with Crippen molar-refractivity contribution in [1.82, 2.24) is 5.32 Å². The summed E-state index contributed by atoms with van der Waals surface area (Å²) in [6.07, 6.45) is 0. The van der Waals surface area contributed by atoms with Crippen molar-refractivity contribution in [2.75, 3.05) is 19.1 Å². The predicted molar refractivity (Wildman–Crippen MR) is 95.5 cm³/mol. The summed E-state index contributed by atoms with van der Waals surface area (Å²) in [7, 11) is -3.32. The number of hydrogen-bond donors (Lipinski definition) is 1. The van der Waals surface area contributed by atoms with Crippen LogP contribution in [-0.2, 0) is 16.4 Å². The van der Waals surface area contributed by atoms with Gasteiger partial charge in [0.2, 0.25) is 6.79 Å². The van der Waals surface area contributed by atoms with Gasteiger partial charge in [-0.3, -0.25) is 0 Å². The Balaban J connectivity index is 1.55. The van der Waals surface area contributed by atoms with E-state index < -0.39 is 9.84 Å². The van der Waals surface area contributed by atoms with Crippen LogP contribution in [0.5, 0.6) is 11.5 Å². The van der Waals surface area contributed by atoms with Crippen molar-refractivity contribution in [2.45, 2.75) is 11.4 Å². The molecule has 0 amide bonds. The maximum absolute atomic E-state index is 12.2. The first-order valence-corrected chi connectivity index (χ1v) is 10.0. The number of nitrogens with one attached hydrogen (secondary N) is 1. The molecule has 0 radical (unpaired) electrons. The van der Waals surface area contributed by atoms with E-state index in [2.05, 4.69) is 21.2 Å². The van der Waals surface area contributed by atoms with E-state index in [1.54, 1.807) is 12.1 Å². The van der Waals surface area contributed by atoms with E-state index in [9.17, 15) is 8.42 Å². The lowest BCUT2D eigenvalue weighted by atomic mass is 10.2. The van der Waals surface area contributed by atoms with Gasteiger partial charge in [0, 0.05) is 18.1 Å². The topological polar surface area (TPSA) is 64.6 Å². The molecule has 0 aromatic heterocycles. The molecule has 2 aromatic rings. The number of fused-ring (bicyclic) bond motifs is 1. The van der Waals surface area contributed by atoms with Crippen molar-refractivity contribution < 1.29 is 17.9 Å². The Labute approximate surface area is 154 Å². The average Bonchev–Trinajstić information content (AvgIpc) is 3.01. The van der Waals surface area contributed by atoms with Crippen LogP contribution in [0.1, 0.15) is 5.56 Å². The van der Waals surface area contributed by atoms with Gasteiger partial charge < -0.3 is 14.8 Å². The van der Waals surface area contributed by atoms with Crippen molar-refractivity contribution in [2.24, 2.45) is 0 Å². The molecule has 1 aliphatic rings. The van der Waals surface area contributed by atoms with Gasteiger partial charge >= 0.3 is 0 Å². The van der Waals surface area contributed by atoms with E-state index in [4.69, 9.17) is 21.1 Å². The van der Waals surface area contributed by atoms with Gasteiger partial charge in [-0.25, -0.2) is 8.42 Å². The monoisotopic (exact) mass is 431 g/mol. The molecule has 0 saturated carbocycles. The molecule has 128 valence electrons. The van der Waals surface area contributed by atoms with E-state index >= 15 is 0 Å². The van der Waals surface area contributed by atoms with Crippen LogP contribution in [0.15, 0.2) is 45.8 Å². The van der Waals surface area contributed by atoms with Gasteiger partial charge in [-0.1, -0.05) is 11.6 Å². The fraction of sp³-hybridized carbons (Fsp3) is 0.250. The van der Waals surface area contributed by atoms with Crippen LogP contribution in [-0.4, -0.2) is 27.5 Å². The second-order valence-corrected chi connectivity index (χ2v) is 8.66. The zero-order valence-corrected chi connectivity index (χ0v) is 15.7. The molecular weight excluding hydrogens is 418 g/mol. The molecule has 1 N–H and O–H groups in total. The first kappa shape index (κ1) is 17.5. The van der Waals surface area contributed by atoms with Gasteiger partial charge in [-0.05, 0) is 57.9 Å². The van der Waals surface area contributed by atoms with Crippen LogP contribution >= 0.6 is 27.5 Å². The fourth-order valence-corrected chi connectivity index (χ4v) is 4.25. The van der Waals surface area contributed by atoms with Gasteiger partial charge in [0.05, 0.1) is 15.1 Å². The quantitative estimate of drug-likeness (QED) is 0.709. The van der Waals surface area contributed by atoms with Crippen molar-refractivity contribution in [3.8, 4) is 11.5 Å². The van der Waals surface area contributed by atoms with Crippen molar-refractivity contribution in [1.29, 1.82) is 0 Å². The Kier molecular flexibility index (Phi) is 5.34.